The number of nitrogens with one attached hydrogen (secondary N) is 1. The van der Waals surface area contributed by atoms with E-state index in [-0.39, 0.29) is 11.7 Å². The van der Waals surface area contributed by atoms with E-state index in [1.54, 1.807) is 30.3 Å². The average Bonchev–Trinajstić information content (AvgIpc) is 2.26. The van der Waals surface area contributed by atoms with Gasteiger partial charge in [0, 0.05) is 12.5 Å². The van der Waals surface area contributed by atoms with Gasteiger partial charge in [-0.15, -0.1) is 0 Å². The standard InChI is InChI=1S/C11H13NO3/c1-8(14)12-10(7-13)11(15)9-5-3-2-4-6-9/h2-6,10,13H,7H2,1H3,(H,12,14). The van der Waals surface area contributed by atoms with Crippen LogP contribution < -0.4 is 5.32 Å². The molecule has 0 saturated heterocycles. The zero-order valence-corrected chi connectivity index (χ0v) is 8.43. The molecule has 0 aliphatic carbocycles. The molecule has 1 amide bonds. The van der Waals surface area contributed by atoms with Gasteiger partial charge in [0.25, 0.3) is 0 Å². The van der Waals surface area contributed by atoms with Gasteiger partial charge in [0.05, 0.1) is 6.61 Å². The zero-order chi connectivity index (χ0) is 11.3. The van der Waals surface area contributed by atoms with Crippen molar-refractivity contribution in [2.45, 2.75) is 13.0 Å². The lowest BCUT2D eigenvalue weighted by Gasteiger charge is -2.13. The molecule has 80 valence electrons. The maximum atomic E-state index is 11.7. The SMILES string of the molecule is CC(=O)NC(CO)C(=O)c1ccccc1. The van der Waals surface area contributed by atoms with Crippen LogP contribution in [0, 0.1) is 0 Å². The van der Waals surface area contributed by atoms with Gasteiger partial charge < -0.3 is 10.4 Å². The highest BCUT2D eigenvalue weighted by atomic mass is 16.3. The predicted molar refractivity (Wildman–Crippen MR) is 55.5 cm³/mol. The molecule has 15 heavy (non-hydrogen) atoms. The third-order valence-electron chi connectivity index (χ3n) is 1.93. The van der Waals surface area contributed by atoms with Crippen LogP contribution in [0.3, 0.4) is 0 Å². The molecule has 1 atom stereocenters. The second kappa shape index (κ2) is 5.26. The molecule has 1 rings (SSSR count). The van der Waals surface area contributed by atoms with E-state index in [2.05, 4.69) is 5.32 Å². The molecule has 0 aliphatic rings. The average molecular weight is 207 g/mol. The van der Waals surface area contributed by atoms with Gasteiger partial charge in [-0.1, -0.05) is 30.3 Å². The smallest absolute Gasteiger partial charge is 0.217 e. The number of ketones is 1. The molecular formula is C11H13NO3. The van der Waals surface area contributed by atoms with Crippen molar-refractivity contribution in [2.75, 3.05) is 6.61 Å². The first kappa shape index (κ1) is 11.4. The third kappa shape index (κ3) is 3.18. The Balaban J connectivity index is 2.78. The lowest BCUT2D eigenvalue weighted by atomic mass is 10.1. The van der Waals surface area contributed by atoms with Crippen LogP contribution in [0.1, 0.15) is 17.3 Å². The Bertz CT molecular complexity index is 348. The van der Waals surface area contributed by atoms with Crippen LogP contribution in [0.25, 0.3) is 0 Å². The topological polar surface area (TPSA) is 66.4 Å². The second-order valence-corrected chi connectivity index (χ2v) is 3.17. The molecule has 0 spiro atoms. The number of amides is 1. The first-order chi connectivity index (χ1) is 7.15. The van der Waals surface area contributed by atoms with E-state index < -0.39 is 12.6 Å². The molecule has 0 aliphatic heterocycles. The molecule has 1 aromatic carbocycles. The fourth-order valence-electron chi connectivity index (χ4n) is 1.24. The van der Waals surface area contributed by atoms with Crippen molar-refractivity contribution in [1.29, 1.82) is 0 Å². The number of Topliss-reactive ketones (excluding diaryl/α,β-unsaturated/α-hetero) is 1. The van der Waals surface area contributed by atoms with Crippen molar-refractivity contribution in [3.05, 3.63) is 35.9 Å². The minimum Gasteiger partial charge on any atom is -0.394 e. The molecular weight excluding hydrogens is 194 g/mol. The maximum Gasteiger partial charge on any atom is 0.217 e. The highest BCUT2D eigenvalue weighted by Gasteiger charge is 2.19. The monoisotopic (exact) mass is 207 g/mol. The van der Waals surface area contributed by atoms with Gasteiger partial charge in [0.1, 0.15) is 6.04 Å². The predicted octanol–water partition coefficient (Wildman–Crippen LogP) is 0.366. The highest BCUT2D eigenvalue weighted by molar-refractivity contribution is 6.01. The quantitative estimate of drug-likeness (QED) is 0.701. The summed E-state index contributed by atoms with van der Waals surface area (Å²) in [5.74, 6) is -0.619. The van der Waals surface area contributed by atoms with Crippen LogP contribution in [0.4, 0.5) is 0 Å². The van der Waals surface area contributed by atoms with E-state index >= 15 is 0 Å². The van der Waals surface area contributed by atoms with E-state index in [9.17, 15) is 9.59 Å². The number of hydrogen-bond acceptors (Lipinski definition) is 3. The Labute approximate surface area is 87.9 Å². The molecule has 0 bridgehead atoms. The molecule has 0 fully saturated rings. The van der Waals surface area contributed by atoms with Crippen LogP contribution in [0.15, 0.2) is 30.3 Å². The van der Waals surface area contributed by atoms with Crippen LogP contribution >= 0.6 is 0 Å². The summed E-state index contributed by atoms with van der Waals surface area (Å²) in [7, 11) is 0. The second-order valence-electron chi connectivity index (χ2n) is 3.17. The molecule has 1 aromatic rings. The van der Waals surface area contributed by atoms with Crippen molar-refractivity contribution >= 4 is 11.7 Å². The minimum absolute atomic E-state index is 0.284. The number of aliphatic hydroxyl groups is 1. The number of rotatable bonds is 4. The van der Waals surface area contributed by atoms with Crippen molar-refractivity contribution in [2.24, 2.45) is 0 Å². The molecule has 0 heterocycles. The van der Waals surface area contributed by atoms with Crippen LogP contribution in [0.5, 0.6) is 0 Å². The summed E-state index contributed by atoms with van der Waals surface area (Å²) in [5, 5.41) is 11.4. The van der Waals surface area contributed by atoms with Gasteiger partial charge in [0.2, 0.25) is 5.91 Å². The van der Waals surface area contributed by atoms with Gasteiger partial charge in [-0.25, -0.2) is 0 Å². The number of aliphatic hydroxyl groups excluding tert-OH is 1. The lowest BCUT2D eigenvalue weighted by molar-refractivity contribution is -0.119. The van der Waals surface area contributed by atoms with Crippen molar-refractivity contribution < 1.29 is 14.7 Å². The van der Waals surface area contributed by atoms with E-state index in [1.165, 1.54) is 6.92 Å². The Hall–Kier alpha value is -1.68. The fraction of sp³-hybridized carbons (Fsp3) is 0.273. The molecule has 0 aromatic heterocycles. The molecule has 0 saturated carbocycles. The van der Waals surface area contributed by atoms with Gasteiger partial charge >= 0.3 is 0 Å². The van der Waals surface area contributed by atoms with Crippen molar-refractivity contribution in [3.8, 4) is 0 Å². The molecule has 0 radical (unpaired) electrons. The van der Waals surface area contributed by atoms with E-state index in [0.29, 0.717) is 5.56 Å². The normalized spacial score (nSPS) is 11.9. The van der Waals surface area contributed by atoms with E-state index in [1.807, 2.05) is 0 Å². The summed E-state index contributed by atoms with van der Waals surface area (Å²) >= 11 is 0. The molecule has 4 heteroatoms. The Morgan fingerprint density at radius 2 is 1.93 bits per heavy atom. The molecule has 1 unspecified atom stereocenters. The first-order valence-corrected chi connectivity index (χ1v) is 4.62. The lowest BCUT2D eigenvalue weighted by Crippen LogP contribution is -2.42. The molecule has 4 nitrogen and oxygen atoms in total. The number of benzene rings is 1. The van der Waals surface area contributed by atoms with Gasteiger partial charge in [-0.05, 0) is 0 Å². The van der Waals surface area contributed by atoms with Crippen LogP contribution in [-0.4, -0.2) is 29.4 Å². The summed E-state index contributed by atoms with van der Waals surface area (Å²) in [4.78, 5) is 22.5. The van der Waals surface area contributed by atoms with E-state index in [0.717, 1.165) is 0 Å². The van der Waals surface area contributed by atoms with Gasteiger partial charge in [-0.3, -0.25) is 9.59 Å². The summed E-state index contributed by atoms with van der Waals surface area (Å²) in [5.41, 5.74) is 0.477. The van der Waals surface area contributed by atoms with Crippen LogP contribution in [-0.2, 0) is 4.79 Å². The van der Waals surface area contributed by atoms with E-state index in [4.69, 9.17) is 5.11 Å². The van der Waals surface area contributed by atoms with Gasteiger partial charge in [0.15, 0.2) is 5.78 Å². The van der Waals surface area contributed by atoms with Crippen molar-refractivity contribution in [3.63, 3.8) is 0 Å². The summed E-state index contributed by atoms with van der Waals surface area (Å²) in [6.07, 6.45) is 0. The Morgan fingerprint density at radius 3 is 2.40 bits per heavy atom. The maximum absolute atomic E-state index is 11.7. The summed E-state index contributed by atoms with van der Waals surface area (Å²) in [6.45, 7) is 0.911. The van der Waals surface area contributed by atoms with Crippen LogP contribution in [0.2, 0.25) is 0 Å². The fourth-order valence-corrected chi connectivity index (χ4v) is 1.24. The first-order valence-electron chi connectivity index (χ1n) is 4.62. The summed E-state index contributed by atoms with van der Waals surface area (Å²) < 4.78 is 0. The summed E-state index contributed by atoms with van der Waals surface area (Å²) in [6, 6.07) is 7.69. The third-order valence-corrected chi connectivity index (χ3v) is 1.93. The Morgan fingerprint density at radius 1 is 1.33 bits per heavy atom. The number of carbonyl (C=O) groups excluding carboxylic acids is 2. The number of carbonyl (C=O) groups is 2. The zero-order valence-electron chi connectivity index (χ0n) is 8.43. The van der Waals surface area contributed by atoms with Gasteiger partial charge in [-0.2, -0.15) is 0 Å². The highest BCUT2D eigenvalue weighted by Crippen LogP contribution is 2.03. The molecule has 2 N–H and O–H groups in total. The number of hydrogen-bond donors (Lipinski definition) is 2. The largest absolute Gasteiger partial charge is 0.394 e. The minimum atomic E-state index is -0.857. The Kier molecular flexibility index (Phi) is 4.00. The van der Waals surface area contributed by atoms with Crippen molar-refractivity contribution in [1.82, 2.24) is 5.32 Å².